The van der Waals surface area contributed by atoms with E-state index in [1.807, 2.05) is 30.5 Å². The molecule has 2 aromatic rings. The van der Waals surface area contributed by atoms with Crippen molar-refractivity contribution in [1.82, 2.24) is 9.97 Å². The van der Waals surface area contributed by atoms with E-state index in [1.54, 1.807) is 6.20 Å². The fourth-order valence-corrected chi connectivity index (χ4v) is 2.07. The van der Waals surface area contributed by atoms with Gasteiger partial charge < -0.3 is 4.98 Å². The van der Waals surface area contributed by atoms with Crippen LogP contribution in [0.1, 0.15) is 11.1 Å². The predicted molar refractivity (Wildman–Crippen MR) is 73.6 cm³/mol. The maximum atomic E-state index is 11.8. The Bertz CT molecular complexity index is 565. The fourth-order valence-electron chi connectivity index (χ4n) is 1.46. The van der Waals surface area contributed by atoms with Gasteiger partial charge in [0.05, 0.1) is 0 Å². The number of halogens is 1. The lowest BCUT2D eigenvalue weighted by atomic mass is 10.1. The Hall–Kier alpha value is -1.07. The molecule has 0 amide bonds. The van der Waals surface area contributed by atoms with Gasteiger partial charge in [-0.15, -0.1) is 0 Å². The van der Waals surface area contributed by atoms with Gasteiger partial charge in [-0.25, -0.2) is 4.98 Å². The predicted octanol–water partition coefficient (Wildman–Crippen LogP) is 2.85. The number of nitrogens with zero attached hydrogens (tertiary/aromatic N) is 1. The second kappa shape index (κ2) is 5.51. The van der Waals surface area contributed by atoms with E-state index >= 15 is 0 Å². The molecular formula is C12H11BrN2OS. The van der Waals surface area contributed by atoms with E-state index in [9.17, 15) is 4.79 Å². The number of aromatic amines is 1. The van der Waals surface area contributed by atoms with Crippen LogP contribution in [0.25, 0.3) is 0 Å². The Balaban J connectivity index is 2.24. The second-order valence-electron chi connectivity index (χ2n) is 3.55. The summed E-state index contributed by atoms with van der Waals surface area (Å²) in [5, 5.41) is 0.648. The average molecular weight is 311 g/mol. The Labute approximate surface area is 112 Å². The van der Waals surface area contributed by atoms with E-state index in [0.29, 0.717) is 17.1 Å². The molecule has 88 valence electrons. The van der Waals surface area contributed by atoms with Gasteiger partial charge in [0.1, 0.15) is 0 Å². The van der Waals surface area contributed by atoms with Crippen LogP contribution < -0.4 is 5.56 Å². The molecule has 0 unspecified atom stereocenters. The highest BCUT2D eigenvalue weighted by atomic mass is 79.9. The molecule has 1 heterocycles. The lowest BCUT2D eigenvalue weighted by molar-refractivity contribution is 0.902. The molecule has 2 rings (SSSR count). The van der Waals surface area contributed by atoms with Gasteiger partial charge in [-0.1, -0.05) is 39.8 Å². The fraction of sp³-hybridized carbons (Fsp3) is 0.167. The maximum absolute atomic E-state index is 11.8. The summed E-state index contributed by atoms with van der Waals surface area (Å²) in [5.41, 5.74) is 1.72. The topological polar surface area (TPSA) is 45.8 Å². The van der Waals surface area contributed by atoms with Gasteiger partial charge in [-0.3, -0.25) is 4.79 Å². The highest BCUT2D eigenvalue weighted by molar-refractivity contribution is 9.10. The lowest BCUT2D eigenvalue weighted by Gasteiger charge is -2.02. The Morgan fingerprint density at radius 2 is 2.06 bits per heavy atom. The number of hydrogen-bond acceptors (Lipinski definition) is 3. The molecule has 0 saturated heterocycles. The molecule has 0 aliphatic rings. The van der Waals surface area contributed by atoms with E-state index in [4.69, 9.17) is 0 Å². The van der Waals surface area contributed by atoms with Crippen LogP contribution in [0.15, 0.2) is 44.9 Å². The molecule has 0 fully saturated rings. The minimum atomic E-state index is -0.0627. The second-order valence-corrected chi connectivity index (χ2v) is 5.26. The number of nitrogens with one attached hydrogen (secondary N) is 1. The van der Waals surface area contributed by atoms with Crippen LogP contribution in [-0.2, 0) is 6.42 Å². The zero-order valence-corrected chi connectivity index (χ0v) is 11.6. The van der Waals surface area contributed by atoms with Crippen LogP contribution >= 0.6 is 27.7 Å². The van der Waals surface area contributed by atoms with Crippen molar-refractivity contribution in [3.05, 3.63) is 56.4 Å². The molecule has 1 N–H and O–H groups in total. The molecule has 0 spiro atoms. The Morgan fingerprint density at radius 3 is 2.65 bits per heavy atom. The van der Waals surface area contributed by atoms with Gasteiger partial charge in [-0.05, 0) is 24.0 Å². The van der Waals surface area contributed by atoms with Crippen LogP contribution in [0.4, 0.5) is 0 Å². The summed E-state index contributed by atoms with van der Waals surface area (Å²) in [6, 6.07) is 7.92. The van der Waals surface area contributed by atoms with Crippen molar-refractivity contribution in [2.24, 2.45) is 0 Å². The zero-order chi connectivity index (χ0) is 12.3. The molecule has 3 nitrogen and oxygen atoms in total. The summed E-state index contributed by atoms with van der Waals surface area (Å²) in [5.74, 6) is 0. The Kier molecular flexibility index (Phi) is 4.02. The van der Waals surface area contributed by atoms with Crippen molar-refractivity contribution in [2.45, 2.75) is 11.6 Å². The Morgan fingerprint density at radius 1 is 1.35 bits per heavy atom. The monoisotopic (exact) mass is 310 g/mol. The number of aromatic nitrogens is 2. The molecule has 0 aliphatic carbocycles. The number of hydrogen-bond donors (Lipinski definition) is 1. The van der Waals surface area contributed by atoms with Crippen molar-refractivity contribution < 1.29 is 0 Å². The van der Waals surface area contributed by atoms with Crippen LogP contribution in [0.3, 0.4) is 0 Å². The van der Waals surface area contributed by atoms with E-state index in [1.165, 1.54) is 11.8 Å². The van der Waals surface area contributed by atoms with Crippen molar-refractivity contribution in [3.8, 4) is 0 Å². The molecule has 0 radical (unpaired) electrons. The van der Waals surface area contributed by atoms with E-state index in [-0.39, 0.29) is 5.56 Å². The molecular weight excluding hydrogens is 300 g/mol. The van der Waals surface area contributed by atoms with Crippen molar-refractivity contribution >= 4 is 27.7 Å². The van der Waals surface area contributed by atoms with E-state index < -0.39 is 0 Å². The van der Waals surface area contributed by atoms with E-state index in [0.717, 1.165) is 10.0 Å². The molecule has 0 bridgehead atoms. The standard InChI is InChI=1S/C12H11BrN2OS/c1-17-12-14-7-9(11(16)15-12)6-8-2-4-10(13)5-3-8/h2-5,7H,6H2,1H3,(H,14,15,16). The number of thioether (sulfide) groups is 1. The first-order valence-corrected chi connectivity index (χ1v) is 7.07. The minimum Gasteiger partial charge on any atom is -0.301 e. The van der Waals surface area contributed by atoms with Crippen LogP contribution in [0.2, 0.25) is 0 Å². The van der Waals surface area contributed by atoms with Gasteiger partial charge in [0.2, 0.25) is 0 Å². The summed E-state index contributed by atoms with van der Waals surface area (Å²) in [7, 11) is 0. The van der Waals surface area contributed by atoms with Crippen LogP contribution in [0.5, 0.6) is 0 Å². The molecule has 1 aromatic carbocycles. The van der Waals surface area contributed by atoms with Gasteiger partial charge >= 0.3 is 0 Å². The highest BCUT2D eigenvalue weighted by Gasteiger charge is 2.03. The van der Waals surface area contributed by atoms with E-state index in [2.05, 4.69) is 25.9 Å². The van der Waals surface area contributed by atoms with Crippen molar-refractivity contribution in [3.63, 3.8) is 0 Å². The third kappa shape index (κ3) is 3.20. The molecule has 1 aromatic heterocycles. The maximum Gasteiger partial charge on any atom is 0.255 e. The summed E-state index contributed by atoms with van der Waals surface area (Å²) in [6.45, 7) is 0. The summed E-state index contributed by atoms with van der Waals surface area (Å²) < 4.78 is 1.03. The minimum absolute atomic E-state index is 0.0627. The van der Waals surface area contributed by atoms with Gasteiger partial charge in [0, 0.05) is 22.7 Å². The number of H-pyrrole nitrogens is 1. The third-order valence-corrected chi connectivity index (χ3v) is 3.47. The first-order valence-electron chi connectivity index (χ1n) is 5.05. The zero-order valence-electron chi connectivity index (χ0n) is 9.24. The largest absolute Gasteiger partial charge is 0.301 e. The van der Waals surface area contributed by atoms with Gasteiger partial charge in [-0.2, -0.15) is 0 Å². The first-order chi connectivity index (χ1) is 8.19. The summed E-state index contributed by atoms with van der Waals surface area (Å²) in [6.07, 6.45) is 4.13. The number of rotatable bonds is 3. The normalized spacial score (nSPS) is 10.5. The van der Waals surface area contributed by atoms with Crippen molar-refractivity contribution in [2.75, 3.05) is 6.26 Å². The molecule has 0 aliphatic heterocycles. The highest BCUT2D eigenvalue weighted by Crippen LogP contribution is 2.13. The SMILES string of the molecule is CSc1ncc(Cc2ccc(Br)cc2)c(=O)[nH]1. The molecule has 0 saturated carbocycles. The average Bonchev–Trinajstić information content (AvgIpc) is 2.34. The lowest BCUT2D eigenvalue weighted by Crippen LogP contribution is -2.14. The third-order valence-electron chi connectivity index (χ3n) is 2.35. The van der Waals surface area contributed by atoms with Crippen LogP contribution in [-0.4, -0.2) is 16.2 Å². The quantitative estimate of drug-likeness (QED) is 0.700. The van der Waals surface area contributed by atoms with Crippen molar-refractivity contribution in [1.29, 1.82) is 0 Å². The smallest absolute Gasteiger partial charge is 0.255 e. The number of benzene rings is 1. The van der Waals surface area contributed by atoms with Crippen LogP contribution in [0, 0.1) is 0 Å². The molecule has 17 heavy (non-hydrogen) atoms. The molecule has 5 heteroatoms. The van der Waals surface area contributed by atoms with Gasteiger partial charge in [0.15, 0.2) is 5.16 Å². The first kappa shape index (κ1) is 12.4. The summed E-state index contributed by atoms with van der Waals surface area (Å²) >= 11 is 4.81. The molecule has 0 atom stereocenters. The summed E-state index contributed by atoms with van der Waals surface area (Å²) in [4.78, 5) is 18.7. The van der Waals surface area contributed by atoms with Gasteiger partial charge in [0.25, 0.3) is 5.56 Å².